The molecule has 0 aromatic carbocycles. The third-order valence-corrected chi connectivity index (χ3v) is 2.87. The molecule has 1 unspecified atom stereocenters. The van der Waals surface area contributed by atoms with E-state index < -0.39 is 7.52 Å². The van der Waals surface area contributed by atoms with Crippen molar-refractivity contribution in [3.8, 4) is 5.81 Å². The fraction of sp³-hybridized carbons (Fsp3) is 0.800. The minimum Gasteiger partial charge on any atom is -0.307 e. The van der Waals surface area contributed by atoms with Gasteiger partial charge >= 0.3 is 7.52 Å². The van der Waals surface area contributed by atoms with Crippen LogP contribution in [0.5, 0.6) is 0 Å². The van der Waals surface area contributed by atoms with E-state index in [2.05, 4.69) is 0 Å². The maximum atomic E-state index is 11.2. The molecule has 0 heterocycles. The fourth-order valence-electron chi connectivity index (χ4n) is 0.409. The van der Waals surface area contributed by atoms with Crippen molar-refractivity contribution >= 4 is 15.9 Å². The van der Waals surface area contributed by atoms with Crippen LogP contribution in [0.3, 0.4) is 0 Å². The molecule has 6 heteroatoms. The zero-order chi connectivity index (χ0) is 8.20. The molecular weight excluding hydrogens is 162 g/mol. The number of hydrogen-bond acceptors (Lipinski definition) is 3. The van der Waals surface area contributed by atoms with Gasteiger partial charge < -0.3 is 4.52 Å². The Morgan fingerprint density at radius 2 is 2.09 bits per heavy atom. The average Bonchev–Trinajstić information content (AvgIpc) is 1.88. The lowest BCUT2D eigenvalue weighted by molar-refractivity contribution is 0.307. The summed E-state index contributed by atoms with van der Waals surface area (Å²) in [5, 5.41) is 8.41. The van der Waals surface area contributed by atoms with Crippen molar-refractivity contribution in [1.82, 2.24) is 4.67 Å². The van der Waals surface area contributed by atoms with Crippen LogP contribution in [0.1, 0.15) is 6.92 Å². The van der Waals surface area contributed by atoms with E-state index in [1.807, 2.05) is 0 Å². The van der Waals surface area contributed by atoms with Gasteiger partial charge in [0.25, 0.3) is 0 Å². The van der Waals surface area contributed by atoms with E-state index in [0.717, 1.165) is 0 Å². The third-order valence-electron chi connectivity index (χ3n) is 0.957. The maximum absolute atomic E-state index is 11.2. The van der Waals surface area contributed by atoms with Crippen LogP contribution in [0, 0.1) is 11.1 Å². The van der Waals surface area contributed by atoms with Crippen molar-refractivity contribution in [3.05, 3.63) is 0 Å². The molecule has 0 bridgehead atoms. The highest BCUT2D eigenvalue weighted by Gasteiger charge is 2.24. The van der Waals surface area contributed by atoms with E-state index in [9.17, 15) is 4.57 Å². The predicted octanol–water partition coefficient (Wildman–Crippen LogP) is 0.878. The Hall–Kier alpha value is -0.295. The number of rotatable bonds is 3. The normalized spacial score (nSPS) is 14.8. The molecule has 0 saturated carbocycles. The lowest BCUT2D eigenvalue weighted by Crippen LogP contribution is -2.09. The minimum atomic E-state index is -3.13. The van der Waals surface area contributed by atoms with Crippen molar-refractivity contribution in [2.45, 2.75) is 6.92 Å². The van der Waals surface area contributed by atoms with Gasteiger partial charge in [0, 0.05) is 8.41 Å². The minimum absolute atomic E-state index is 0. The van der Waals surface area contributed by atoms with Gasteiger partial charge in [0.15, 0.2) is 5.81 Å². The SMILES string of the molecule is CCOP(=O)(C#N)N(C)C.[B]. The molecule has 61 valence electrons. The first-order valence-corrected chi connectivity index (χ1v) is 4.48. The Balaban J connectivity index is 0. The smallest absolute Gasteiger partial charge is 0.307 e. The van der Waals surface area contributed by atoms with Gasteiger partial charge in [-0.2, -0.15) is 5.26 Å². The Kier molecular flexibility index (Phi) is 6.49. The monoisotopic (exact) mass is 173 g/mol. The highest BCUT2D eigenvalue weighted by Crippen LogP contribution is 2.46. The van der Waals surface area contributed by atoms with E-state index in [1.54, 1.807) is 26.8 Å². The standard InChI is InChI=1S/C5H11N2O2P.B/c1-4-9-10(8,5-6)7(2)3;/h4H2,1-3H3;. The second kappa shape index (κ2) is 5.37. The molecular formula is C5H11BN2O2P. The first-order chi connectivity index (χ1) is 4.56. The van der Waals surface area contributed by atoms with Gasteiger partial charge in [0.2, 0.25) is 0 Å². The molecule has 0 rings (SSSR count). The van der Waals surface area contributed by atoms with Gasteiger partial charge in [-0.25, -0.2) is 4.67 Å². The van der Waals surface area contributed by atoms with E-state index >= 15 is 0 Å². The van der Waals surface area contributed by atoms with Gasteiger partial charge in [-0.3, -0.25) is 4.57 Å². The fourth-order valence-corrected chi connectivity index (χ4v) is 1.23. The molecule has 0 aliphatic carbocycles. The molecule has 0 aromatic heterocycles. The Morgan fingerprint density at radius 1 is 1.64 bits per heavy atom. The molecule has 1 atom stereocenters. The summed E-state index contributed by atoms with van der Waals surface area (Å²) in [7, 11) is -0.0229. The zero-order valence-electron chi connectivity index (χ0n) is 6.94. The van der Waals surface area contributed by atoms with Gasteiger partial charge in [-0.15, -0.1) is 0 Å². The molecule has 3 radical (unpaired) electrons. The summed E-state index contributed by atoms with van der Waals surface area (Å²) < 4.78 is 17.3. The largest absolute Gasteiger partial charge is 0.370 e. The summed E-state index contributed by atoms with van der Waals surface area (Å²) in [6, 6.07) is 0. The highest BCUT2D eigenvalue weighted by molar-refractivity contribution is 7.61. The van der Waals surface area contributed by atoms with Crippen molar-refractivity contribution in [3.63, 3.8) is 0 Å². The first-order valence-electron chi connectivity index (χ1n) is 2.90. The summed E-state index contributed by atoms with van der Waals surface area (Å²) in [5.41, 5.74) is 0. The van der Waals surface area contributed by atoms with Crippen LogP contribution in [-0.4, -0.2) is 33.8 Å². The van der Waals surface area contributed by atoms with Crippen LogP contribution in [-0.2, 0) is 9.09 Å². The molecule has 0 fully saturated rings. The molecule has 0 spiro atoms. The van der Waals surface area contributed by atoms with Crippen molar-refractivity contribution in [1.29, 1.82) is 5.26 Å². The lowest BCUT2D eigenvalue weighted by atomic mass is 10.8. The van der Waals surface area contributed by atoms with Gasteiger partial charge in [-0.1, -0.05) is 0 Å². The molecule has 0 saturated heterocycles. The van der Waals surface area contributed by atoms with Crippen LogP contribution in [0.25, 0.3) is 0 Å². The summed E-state index contributed by atoms with van der Waals surface area (Å²) in [5.74, 6) is 1.64. The van der Waals surface area contributed by atoms with Gasteiger partial charge in [0.05, 0.1) is 6.61 Å². The summed E-state index contributed by atoms with van der Waals surface area (Å²) in [4.78, 5) is 0. The van der Waals surface area contributed by atoms with Gasteiger partial charge in [0.1, 0.15) is 0 Å². The molecule has 11 heavy (non-hydrogen) atoms. The van der Waals surface area contributed by atoms with Crippen LogP contribution < -0.4 is 0 Å². The second-order valence-electron chi connectivity index (χ2n) is 1.89. The van der Waals surface area contributed by atoms with Crippen LogP contribution in [0.4, 0.5) is 0 Å². The van der Waals surface area contributed by atoms with Crippen LogP contribution in [0.2, 0.25) is 0 Å². The summed E-state index contributed by atoms with van der Waals surface area (Å²) in [6.45, 7) is 2.00. The zero-order valence-corrected chi connectivity index (χ0v) is 7.84. The van der Waals surface area contributed by atoms with E-state index in [4.69, 9.17) is 9.79 Å². The molecule has 0 N–H and O–H groups in total. The average molecular weight is 173 g/mol. The van der Waals surface area contributed by atoms with Crippen molar-refractivity contribution in [2.24, 2.45) is 0 Å². The molecule has 4 nitrogen and oxygen atoms in total. The van der Waals surface area contributed by atoms with Crippen LogP contribution in [0.15, 0.2) is 0 Å². The molecule has 0 aliphatic heterocycles. The predicted molar refractivity (Wildman–Crippen MR) is 44.3 cm³/mol. The van der Waals surface area contributed by atoms with Crippen molar-refractivity contribution in [2.75, 3.05) is 20.7 Å². The second-order valence-corrected chi connectivity index (χ2v) is 4.18. The Labute approximate surface area is 69.2 Å². The number of nitriles is 1. The number of hydrogen-bond donors (Lipinski definition) is 0. The summed E-state index contributed by atoms with van der Waals surface area (Å²) >= 11 is 0. The quantitative estimate of drug-likeness (QED) is 0.469. The van der Waals surface area contributed by atoms with E-state index in [1.165, 1.54) is 4.67 Å². The Morgan fingerprint density at radius 3 is 2.18 bits per heavy atom. The maximum Gasteiger partial charge on any atom is 0.370 e. The van der Waals surface area contributed by atoms with E-state index in [-0.39, 0.29) is 8.41 Å². The molecule has 0 aromatic rings. The third kappa shape index (κ3) is 3.57. The molecule has 0 amide bonds. The number of nitrogens with zero attached hydrogens (tertiary/aromatic N) is 2. The summed E-state index contributed by atoms with van der Waals surface area (Å²) in [6.07, 6.45) is 0. The van der Waals surface area contributed by atoms with Gasteiger partial charge in [-0.05, 0) is 21.0 Å². The highest BCUT2D eigenvalue weighted by atomic mass is 31.2. The first kappa shape index (κ1) is 13.3. The Bertz CT molecular complexity index is 189. The topological polar surface area (TPSA) is 53.3 Å². The van der Waals surface area contributed by atoms with E-state index in [0.29, 0.717) is 6.61 Å². The van der Waals surface area contributed by atoms with Crippen LogP contribution >= 0.6 is 7.52 Å². The lowest BCUT2D eigenvalue weighted by Gasteiger charge is -2.15. The van der Waals surface area contributed by atoms with Crippen molar-refractivity contribution < 1.29 is 9.09 Å². The molecule has 0 aliphatic rings.